The lowest BCUT2D eigenvalue weighted by Crippen LogP contribution is -2.43. The first kappa shape index (κ1) is 14.7. The second kappa shape index (κ2) is 6.01. The summed E-state index contributed by atoms with van der Waals surface area (Å²) in [7, 11) is 0. The van der Waals surface area contributed by atoms with E-state index in [0.29, 0.717) is 5.56 Å². The zero-order chi connectivity index (χ0) is 13.1. The molecule has 0 saturated carbocycles. The van der Waals surface area contributed by atoms with Gasteiger partial charge in [-0.25, -0.2) is 0 Å². The third kappa shape index (κ3) is 4.43. The van der Waals surface area contributed by atoms with Crippen LogP contribution in [-0.4, -0.2) is 16.8 Å². The van der Waals surface area contributed by atoms with E-state index < -0.39 is 0 Å². The fourth-order valence-electron chi connectivity index (χ4n) is 1.41. The summed E-state index contributed by atoms with van der Waals surface area (Å²) in [5.74, 6) is -0.0309. The molecule has 0 atom stereocenters. The molecular weight excluding hydrogens is 346 g/mol. The molecule has 17 heavy (non-hydrogen) atoms. The van der Waals surface area contributed by atoms with Gasteiger partial charge in [-0.1, -0.05) is 37.9 Å². The molecule has 1 amide bonds. The Morgan fingerprint density at radius 3 is 2.59 bits per heavy atom. The summed E-state index contributed by atoms with van der Waals surface area (Å²) < 4.78 is 0.962. The van der Waals surface area contributed by atoms with Crippen LogP contribution >= 0.6 is 31.9 Å². The first-order chi connectivity index (χ1) is 7.85. The van der Waals surface area contributed by atoms with Crippen LogP contribution in [0.25, 0.3) is 0 Å². The molecule has 2 nitrogen and oxygen atoms in total. The zero-order valence-electron chi connectivity index (χ0n) is 10.3. The molecule has 0 radical (unpaired) electrons. The second-order valence-corrected chi connectivity index (χ2v) is 6.39. The Morgan fingerprint density at radius 2 is 2.06 bits per heavy atom. The molecule has 0 heterocycles. The maximum atomic E-state index is 12.1. The van der Waals surface area contributed by atoms with Crippen LogP contribution in [0.4, 0.5) is 0 Å². The van der Waals surface area contributed by atoms with Crippen molar-refractivity contribution in [2.75, 3.05) is 5.33 Å². The number of amides is 1. The van der Waals surface area contributed by atoms with Crippen molar-refractivity contribution in [3.63, 3.8) is 0 Å². The van der Waals surface area contributed by atoms with Gasteiger partial charge >= 0.3 is 0 Å². The third-order valence-electron chi connectivity index (χ3n) is 2.61. The summed E-state index contributed by atoms with van der Waals surface area (Å²) in [6.45, 7) is 6.05. The maximum Gasteiger partial charge on any atom is 0.251 e. The standard InChI is InChI=1S/C13H17Br2NO/c1-9-4-5-10(8-11(9)15)12(17)16-13(2,3)6-7-14/h4-5,8H,6-7H2,1-3H3,(H,16,17). The molecule has 4 heteroatoms. The van der Waals surface area contributed by atoms with Crippen LogP contribution in [-0.2, 0) is 0 Å². The van der Waals surface area contributed by atoms with Gasteiger partial charge < -0.3 is 5.32 Å². The first-order valence-corrected chi connectivity index (χ1v) is 7.42. The Balaban J connectivity index is 2.80. The number of alkyl halides is 1. The van der Waals surface area contributed by atoms with Gasteiger partial charge in [0.1, 0.15) is 0 Å². The van der Waals surface area contributed by atoms with Gasteiger partial charge in [0.2, 0.25) is 0 Å². The number of nitrogens with one attached hydrogen (secondary N) is 1. The van der Waals surface area contributed by atoms with Crippen LogP contribution in [0.3, 0.4) is 0 Å². The first-order valence-electron chi connectivity index (χ1n) is 5.50. The number of hydrogen-bond acceptors (Lipinski definition) is 1. The second-order valence-electron chi connectivity index (χ2n) is 4.74. The predicted octanol–water partition coefficient (Wildman–Crippen LogP) is 4.05. The smallest absolute Gasteiger partial charge is 0.251 e. The Morgan fingerprint density at radius 1 is 1.41 bits per heavy atom. The number of halogens is 2. The lowest BCUT2D eigenvalue weighted by Gasteiger charge is -2.25. The number of hydrogen-bond donors (Lipinski definition) is 1. The van der Waals surface area contributed by atoms with Crippen LogP contribution in [0.15, 0.2) is 22.7 Å². The number of rotatable bonds is 4. The van der Waals surface area contributed by atoms with Gasteiger partial charge in [0.05, 0.1) is 0 Å². The van der Waals surface area contributed by atoms with E-state index >= 15 is 0 Å². The van der Waals surface area contributed by atoms with Crippen molar-refractivity contribution in [2.24, 2.45) is 0 Å². The average Bonchev–Trinajstić information content (AvgIpc) is 2.21. The number of carbonyl (C=O) groups is 1. The van der Waals surface area contributed by atoms with E-state index in [9.17, 15) is 4.79 Å². The Kier molecular flexibility index (Phi) is 5.20. The normalized spacial score (nSPS) is 11.4. The summed E-state index contributed by atoms with van der Waals surface area (Å²) >= 11 is 6.83. The fourth-order valence-corrected chi connectivity index (χ4v) is 2.78. The molecule has 1 N–H and O–H groups in total. The van der Waals surface area contributed by atoms with E-state index in [2.05, 4.69) is 37.2 Å². The molecule has 0 fully saturated rings. The average molecular weight is 363 g/mol. The van der Waals surface area contributed by atoms with Gasteiger partial charge in [0.25, 0.3) is 5.91 Å². The molecule has 0 aliphatic rings. The van der Waals surface area contributed by atoms with Crippen molar-refractivity contribution < 1.29 is 4.79 Å². The zero-order valence-corrected chi connectivity index (χ0v) is 13.5. The van der Waals surface area contributed by atoms with Crippen molar-refractivity contribution >= 4 is 37.8 Å². The van der Waals surface area contributed by atoms with Crippen molar-refractivity contribution in [1.82, 2.24) is 5.32 Å². The minimum Gasteiger partial charge on any atom is -0.347 e. The highest BCUT2D eigenvalue weighted by Crippen LogP contribution is 2.18. The van der Waals surface area contributed by atoms with E-state index in [1.54, 1.807) is 0 Å². The molecule has 1 rings (SSSR count). The van der Waals surface area contributed by atoms with Crippen LogP contribution < -0.4 is 5.32 Å². The third-order valence-corrected chi connectivity index (χ3v) is 3.86. The minimum absolute atomic E-state index is 0.0309. The molecule has 0 bridgehead atoms. The molecule has 0 aliphatic heterocycles. The summed E-state index contributed by atoms with van der Waals surface area (Å²) in [4.78, 5) is 12.1. The number of aryl methyl sites for hydroxylation is 1. The highest BCUT2D eigenvalue weighted by molar-refractivity contribution is 9.10. The highest BCUT2D eigenvalue weighted by Gasteiger charge is 2.20. The molecule has 0 aliphatic carbocycles. The molecule has 1 aromatic carbocycles. The topological polar surface area (TPSA) is 29.1 Å². The Hall–Kier alpha value is -0.350. The summed E-state index contributed by atoms with van der Waals surface area (Å²) in [6.07, 6.45) is 0.895. The Labute approximate surface area is 119 Å². The molecule has 1 aromatic rings. The SMILES string of the molecule is Cc1ccc(C(=O)NC(C)(C)CCBr)cc1Br. The van der Waals surface area contributed by atoms with Crippen molar-refractivity contribution in [2.45, 2.75) is 32.7 Å². The predicted molar refractivity (Wildman–Crippen MR) is 78.8 cm³/mol. The van der Waals surface area contributed by atoms with Crippen molar-refractivity contribution in [3.8, 4) is 0 Å². The van der Waals surface area contributed by atoms with Crippen LogP contribution in [0.2, 0.25) is 0 Å². The van der Waals surface area contributed by atoms with Gasteiger partial charge in [-0.05, 0) is 44.9 Å². The molecule has 0 unspecified atom stereocenters. The summed E-state index contributed by atoms with van der Waals surface area (Å²) in [5.41, 5.74) is 1.61. The summed E-state index contributed by atoms with van der Waals surface area (Å²) in [5, 5.41) is 3.90. The van der Waals surface area contributed by atoms with Gasteiger partial charge in [0, 0.05) is 20.9 Å². The van der Waals surface area contributed by atoms with E-state index in [0.717, 1.165) is 21.8 Å². The maximum absolute atomic E-state index is 12.1. The van der Waals surface area contributed by atoms with Gasteiger partial charge in [-0.2, -0.15) is 0 Å². The van der Waals surface area contributed by atoms with Crippen LogP contribution in [0, 0.1) is 6.92 Å². The van der Waals surface area contributed by atoms with Gasteiger partial charge in [-0.3, -0.25) is 4.79 Å². The monoisotopic (exact) mass is 361 g/mol. The van der Waals surface area contributed by atoms with E-state index in [1.807, 2.05) is 39.0 Å². The quantitative estimate of drug-likeness (QED) is 0.804. The molecular formula is C13H17Br2NO. The molecule has 94 valence electrons. The fraction of sp³-hybridized carbons (Fsp3) is 0.462. The molecule has 0 saturated heterocycles. The Bertz CT molecular complexity index is 416. The number of carbonyl (C=O) groups excluding carboxylic acids is 1. The summed E-state index contributed by atoms with van der Waals surface area (Å²) in [6, 6.07) is 5.64. The van der Waals surface area contributed by atoms with E-state index in [-0.39, 0.29) is 11.4 Å². The highest BCUT2D eigenvalue weighted by atomic mass is 79.9. The van der Waals surface area contributed by atoms with Crippen molar-refractivity contribution in [3.05, 3.63) is 33.8 Å². The van der Waals surface area contributed by atoms with Crippen LogP contribution in [0.5, 0.6) is 0 Å². The lowest BCUT2D eigenvalue weighted by molar-refractivity contribution is 0.0912. The van der Waals surface area contributed by atoms with E-state index in [4.69, 9.17) is 0 Å². The van der Waals surface area contributed by atoms with Gasteiger partial charge in [-0.15, -0.1) is 0 Å². The molecule has 0 aromatic heterocycles. The largest absolute Gasteiger partial charge is 0.347 e. The van der Waals surface area contributed by atoms with E-state index in [1.165, 1.54) is 0 Å². The van der Waals surface area contributed by atoms with Gasteiger partial charge in [0.15, 0.2) is 0 Å². The number of benzene rings is 1. The lowest BCUT2D eigenvalue weighted by atomic mass is 10.0. The van der Waals surface area contributed by atoms with Crippen molar-refractivity contribution in [1.29, 1.82) is 0 Å². The molecule has 0 spiro atoms. The van der Waals surface area contributed by atoms with Crippen LogP contribution in [0.1, 0.15) is 36.2 Å². The minimum atomic E-state index is -0.196.